The molecule has 0 saturated heterocycles. The molecule has 0 fully saturated rings. The Hall–Kier alpha value is -3.35. The van der Waals surface area contributed by atoms with E-state index < -0.39 is 30.5 Å². The molecular formula is C21H21NO6. The average molecular weight is 383 g/mol. The molecule has 0 aliphatic carbocycles. The Morgan fingerprint density at radius 1 is 1.04 bits per heavy atom. The van der Waals surface area contributed by atoms with Gasteiger partial charge in [-0.25, -0.2) is 9.59 Å². The third-order valence-electron chi connectivity index (χ3n) is 4.67. The van der Waals surface area contributed by atoms with Crippen molar-refractivity contribution in [2.45, 2.75) is 19.0 Å². The monoisotopic (exact) mass is 383 g/mol. The highest BCUT2D eigenvalue weighted by atomic mass is 16.5. The van der Waals surface area contributed by atoms with E-state index >= 15 is 0 Å². The van der Waals surface area contributed by atoms with E-state index in [4.69, 9.17) is 14.2 Å². The molecule has 7 nitrogen and oxygen atoms in total. The fraction of sp³-hybridized carbons (Fsp3) is 0.286. The van der Waals surface area contributed by atoms with Crippen molar-refractivity contribution < 1.29 is 28.6 Å². The van der Waals surface area contributed by atoms with Gasteiger partial charge in [-0.05, 0) is 29.3 Å². The summed E-state index contributed by atoms with van der Waals surface area (Å²) in [5.41, 5.74) is 2.23. The summed E-state index contributed by atoms with van der Waals surface area (Å²) in [5, 5.41) is 0. The van der Waals surface area contributed by atoms with Crippen LogP contribution in [0.1, 0.15) is 21.5 Å². The van der Waals surface area contributed by atoms with Crippen LogP contribution < -0.4 is 4.74 Å². The van der Waals surface area contributed by atoms with Crippen LogP contribution in [0.25, 0.3) is 0 Å². The van der Waals surface area contributed by atoms with Crippen molar-refractivity contribution in [1.82, 2.24) is 4.90 Å². The number of hydrogen-bond acceptors (Lipinski definition) is 6. The number of amides is 1. The molecule has 1 heterocycles. The third-order valence-corrected chi connectivity index (χ3v) is 4.67. The van der Waals surface area contributed by atoms with E-state index in [1.54, 1.807) is 18.2 Å². The zero-order valence-corrected chi connectivity index (χ0v) is 15.7. The highest BCUT2D eigenvalue weighted by Crippen LogP contribution is 2.24. The molecule has 7 heteroatoms. The Labute approximate surface area is 162 Å². The number of carbonyl (C=O) groups is 3. The van der Waals surface area contributed by atoms with Gasteiger partial charge in [0.05, 0.1) is 19.8 Å². The summed E-state index contributed by atoms with van der Waals surface area (Å²) in [6.45, 7) is -0.211. The van der Waals surface area contributed by atoms with Gasteiger partial charge >= 0.3 is 11.9 Å². The fourth-order valence-electron chi connectivity index (χ4n) is 3.18. The Morgan fingerprint density at radius 2 is 1.79 bits per heavy atom. The maximum Gasteiger partial charge on any atom is 0.338 e. The lowest BCUT2D eigenvalue weighted by Crippen LogP contribution is -2.50. The second-order valence-electron chi connectivity index (χ2n) is 6.34. The van der Waals surface area contributed by atoms with Gasteiger partial charge in [-0.2, -0.15) is 0 Å². The summed E-state index contributed by atoms with van der Waals surface area (Å²) in [7, 11) is 2.78. The quantitative estimate of drug-likeness (QED) is 0.735. The van der Waals surface area contributed by atoms with Gasteiger partial charge in [0, 0.05) is 13.0 Å². The molecule has 0 aromatic heterocycles. The van der Waals surface area contributed by atoms with Gasteiger partial charge in [0.25, 0.3) is 5.91 Å². The zero-order valence-electron chi connectivity index (χ0n) is 15.7. The summed E-state index contributed by atoms with van der Waals surface area (Å²) in [6, 6.07) is 13.3. The van der Waals surface area contributed by atoms with Crippen LogP contribution in [-0.4, -0.2) is 49.6 Å². The number of esters is 2. The standard InChI is InChI=1S/C21H21NO6/c1-26-17-9-5-8-15(10-17)20(24)28-13-19(23)22-12-16-7-4-3-6-14(16)11-18(22)21(25)27-2/h3-10,18H,11-13H2,1-2H3/t18-/m1/s1. The molecule has 1 amide bonds. The van der Waals surface area contributed by atoms with Gasteiger partial charge < -0.3 is 19.1 Å². The molecule has 0 N–H and O–H groups in total. The predicted molar refractivity (Wildman–Crippen MR) is 99.8 cm³/mol. The molecule has 1 aliphatic heterocycles. The second kappa shape index (κ2) is 8.56. The molecule has 2 aromatic rings. The molecule has 3 rings (SSSR count). The van der Waals surface area contributed by atoms with E-state index in [2.05, 4.69) is 0 Å². The van der Waals surface area contributed by atoms with Crippen LogP contribution in [-0.2, 0) is 32.0 Å². The molecule has 2 aromatic carbocycles. The highest BCUT2D eigenvalue weighted by molar-refractivity contribution is 5.92. The zero-order chi connectivity index (χ0) is 20.1. The van der Waals surface area contributed by atoms with Crippen molar-refractivity contribution in [2.24, 2.45) is 0 Å². The first-order chi connectivity index (χ1) is 13.5. The molecule has 146 valence electrons. The van der Waals surface area contributed by atoms with Gasteiger partial charge in [0.1, 0.15) is 11.8 Å². The molecule has 1 atom stereocenters. The maximum atomic E-state index is 12.7. The van der Waals surface area contributed by atoms with Crippen molar-refractivity contribution in [3.05, 3.63) is 65.2 Å². The van der Waals surface area contributed by atoms with Gasteiger partial charge in [0.2, 0.25) is 0 Å². The number of carbonyl (C=O) groups excluding carboxylic acids is 3. The molecule has 0 bridgehead atoms. The first-order valence-corrected chi connectivity index (χ1v) is 8.78. The summed E-state index contributed by atoms with van der Waals surface area (Å²) in [4.78, 5) is 38.5. The Kier molecular flexibility index (Phi) is 5.93. The Bertz CT molecular complexity index is 894. The van der Waals surface area contributed by atoms with Crippen LogP contribution in [0.4, 0.5) is 0 Å². The van der Waals surface area contributed by atoms with Crippen LogP contribution in [0.5, 0.6) is 5.75 Å². The minimum Gasteiger partial charge on any atom is -0.497 e. The molecule has 0 spiro atoms. The number of fused-ring (bicyclic) bond motifs is 1. The molecule has 1 aliphatic rings. The summed E-state index contributed by atoms with van der Waals surface area (Å²) in [6.07, 6.45) is 0.360. The molecule has 0 radical (unpaired) electrons. The average Bonchev–Trinajstić information content (AvgIpc) is 2.75. The van der Waals surface area contributed by atoms with Crippen molar-refractivity contribution >= 4 is 17.8 Å². The maximum absolute atomic E-state index is 12.7. The minimum absolute atomic E-state index is 0.255. The van der Waals surface area contributed by atoms with Crippen LogP contribution in [0.15, 0.2) is 48.5 Å². The van der Waals surface area contributed by atoms with Crippen LogP contribution in [0.3, 0.4) is 0 Å². The van der Waals surface area contributed by atoms with E-state index in [1.165, 1.54) is 25.2 Å². The highest BCUT2D eigenvalue weighted by Gasteiger charge is 2.35. The lowest BCUT2D eigenvalue weighted by Gasteiger charge is -2.35. The molecule has 28 heavy (non-hydrogen) atoms. The number of hydrogen-bond donors (Lipinski definition) is 0. The van der Waals surface area contributed by atoms with Crippen molar-refractivity contribution in [3.63, 3.8) is 0 Å². The van der Waals surface area contributed by atoms with Crippen molar-refractivity contribution in [2.75, 3.05) is 20.8 Å². The first-order valence-electron chi connectivity index (χ1n) is 8.78. The number of nitrogens with zero attached hydrogens (tertiary/aromatic N) is 1. The van der Waals surface area contributed by atoms with E-state index in [0.717, 1.165) is 11.1 Å². The Morgan fingerprint density at radius 3 is 2.50 bits per heavy atom. The predicted octanol–water partition coefficient (Wildman–Crippen LogP) is 1.98. The van der Waals surface area contributed by atoms with Crippen molar-refractivity contribution in [1.29, 1.82) is 0 Å². The van der Waals surface area contributed by atoms with Crippen molar-refractivity contribution in [3.8, 4) is 5.75 Å². The van der Waals surface area contributed by atoms with E-state index in [9.17, 15) is 14.4 Å². The van der Waals surface area contributed by atoms with Gasteiger partial charge in [-0.1, -0.05) is 30.3 Å². The largest absolute Gasteiger partial charge is 0.497 e. The van der Waals surface area contributed by atoms with Crippen LogP contribution in [0.2, 0.25) is 0 Å². The lowest BCUT2D eigenvalue weighted by molar-refractivity contribution is -0.155. The SMILES string of the molecule is COC(=O)[C@H]1Cc2ccccc2CN1C(=O)COC(=O)c1cccc(OC)c1. The van der Waals surface area contributed by atoms with Gasteiger partial charge in [-0.3, -0.25) is 4.79 Å². The number of rotatable bonds is 5. The van der Waals surface area contributed by atoms with E-state index in [1.807, 2.05) is 24.3 Å². The topological polar surface area (TPSA) is 82.1 Å². The number of methoxy groups -OCH3 is 2. The number of ether oxygens (including phenoxy) is 3. The van der Waals surface area contributed by atoms with Gasteiger partial charge in [0.15, 0.2) is 6.61 Å². The van der Waals surface area contributed by atoms with Crippen LogP contribution in [0, 0.1) is 0 Å². The van der Waals surface area contributed by atoms with Crippen LogP contribution >= 0.6 is 0 Å². The normalized spacial score (nSPS) is 15.4. The second-order valence-corrected chi connectivity index (χ2v) is 6.34. The fourth-order valence-corrected chi connectivity index (χ4v) is 3.18. The minimum atomic E-state index is -0.747. The van der Waals surface area contributed by atoms with E-state index in [-0.39, 0.29) is 12.1 Å². The summed E-state index contributed by atoms with van der Waals surface area (Å²) in [5.74, 6) is -1.08. The van der Waals surface area contributed by atoms with Gasteiger partial charge in [-0.15, -0.1) is 0 Å². The first kappa shape index (κ1) is 19.4. The molecule has 0 unspecified atom stereocenters. The smallest absolute Gasteiger partial charge is 0.338 e. The third kappa shape index (κ3) is 4.14. The Balaban J connectivity index is 1.71. The lowest BCUT2D eigenvalue weighted by atomic mass is 9.94. The molecule has 0 saturated carbocycles. The van der Waals surface area contributed by atoms with E-state index in [0.29, 0.717) is 12.2 Å². The number of benzene rings is 2. The molecular weight excluding hydrogens is 362 g/mol. The summed E-state index contributed by atoms with van der Waals surface area (Å²) >= 11 is 0. The summed E-state index contributed by atoms with van der Waals surface area (Å²) < 4.78 is 15.1.